The van der Waals surface area contributed by atoms with Crippen LogP contribution in [0.3, 0.4) is 0 Å². The molecule has 0 radical (unpaired) electrons. The van der Waals surface area contributed by atoms with Crippen molar-refractivity contribution in [1.82, 2.24) is 19.8 Å². The minimum atomic E-state index is -0.306. The van der Waals surface area contributed by atoms with Crippen LogP contribution in [0.1, 0.15) is 25.3 Å². The summed E-state index contributed by atoms with van der Waals surface area (Å²) in [4.78, 5) is 44.3. The van der Waals surface area contributed by atoms with Gasteiger partial charge in [0.25, 0.3) is 5.56 Å². The number of para-hydroxylation sites is 1. The number of aromatic nitrogens is 2. The van der Waals surface area contributed by atoms with Crippen LogP contribution in [0.25, 0.3) is 16.6 Å². The molecule has 1 N–H and O–H groups in total. The molecule has 2 amide bonds. The van der Waals surface area contributed by atoms with E-state index in [0.717, 1.165) is 5.56 Å². The second-order valence-corrected chi connectivity index (χ2v) is 9.15. The van der Waals surface area contributed by atoms with Gasteiger partial charge in [0.2, 0.25) is 5.91 Å². The molecule has 1 aliphatic rings. The van der Waals surface area contributed by atoms with Gasteiger partial charge in [0.15, 0.2) is 5.16 Å². The van der Waals surface area contributed by atoms with Crippen LogP contribution in [0.4, 0.5) is 4.79 Å². The molecule has 1 fully saturated rings. The number of carbonyl (C=O) groups is 2. The molecule has 0 bridgehead atoms. The number of ether oxygens (including phenoxy) is 1. The average molecular weight is 481 g/mol. The second kappa shape index (κ2) is 10.7. The van der Waals surface area contributed by atoms with Crippen LogP contribution in [-0.2, 0) is 9.53 Å². The lowest BCUT2D eigenvalue weighted by atomic mass is 10.1. The summed E-state index contributed by atoms with van der Waals surface area (Å²) in [6, 6.07) is 14.9. The number of carbonyl (C=O) groups excluding carboxylic acids is 2. The van der Waals surface area contributed by atoms with Gasteiger partial charge in [-0.2, -0.15) is 0 Å². The average Bonchev–Trinajstić information content (AvgIpc) is 2.84. The summed E-state index contributed by atoms with van der Waals surface area (Å²) in [7, 11) is 0. The number of hydrogen-bond donors (Lipinski definition) is 1. The number of fused-ring (bicyclic) bond motifs is 1. The van der Waals surface area contributed by atoms with Gasteiger partial charge in [-0.05, 0) is 51.0 Å². The van der Waals surface area contributed by atoms with Crippen LogP contribution < -0.4 is 10.9 Å². The molecule has 3 aromatic rings. The SMILES string of the molecule is CCOC(=O)N1CCC(NC(=O)CSc2nc3ccc(C)cc3c(=O)n2-c2ccccc2)CC1. The predicted molar refractivity (Wildman–Crippen MR) is 133 cm³/mol. The summed E-state index contributed by atoms with van der Waals surface area (Å²) in [5, 5.41) is 4.06. The molecule has 0 atom stereocenters. The molecule has 0 saturated carbocycles. The van der Waals surface area contributed by atoms with E-state index in [4.69, 9.17) is 9.72 Å². The number of aryl methyl sites for hydroxylation is 1. The molecular formula is C25H28N4O4S. The highest BCUT2D eigenvalue weighted by Gasteiger charge is 2.25. The first kappa shape index (κ1) is 23.8. The Bertz CT molecular complexity index is 1240. The normalized spacial score (nSPS) is 14.2. The van der Waals surface area contributed by atoms with Crippen molar-refractivity contribution in [1.29, 1.82) is 0 Å². The van der Waals surface area contributed by atoms with Gasteiger partial charge >= 0.3 is 6.09 Å². The second-order valence-electron chi connectivity index (χ2n) is 8.21. The molecule has 0 aliphatic carbocycles. The number of nitrogens with zero attached hydrogens (tertiary/aromatic N) is 3. The lowest BCUT2D eigenvalue weighted by Gasteiger charge is -2.31. The van der Waals surface area contributed by atoms with Crippen LogP contribution in [0, 0.1) is 6.92 Å². The Morgan fingerprint density at radius 3 is 2.59 bits per heavy atom. The standard InChI is InChI=1S/C25H28N4O4S/c1-3-33-25(32)28-13-11-18(12-14-28)26-22(30)16-34-24-27-21-10-9-17(2)15-20(21)23(31)29(24)19-7-5-4-6-8-19/h4-10,15,18H,3,11-14,16H2,1-2H3,(H,26,30). The van der Waals surface area contributed by atoms with Crippen LogP contribution >= 0.6 is 11.8 Å². The Balaban J connectivity index is 1.47. The molecule has 1 aromatic heterocycles. The van der Waals surface area contributed by atoms with Crippen molar-refractivity contribution in [2.24, 2.45) is 0 Å². The van der Waals surface area contributed by atoms with Gasteiger partial charge < -0.3 is 15.0 Å². The fourth-order valence-corrected chi connectivity index (χ4v) is 4.83. The van der Waals surface area contributed by atoms with Crippen LogP contribution in [0.15, 0.2) is 58.5 Å². The van der Waals surface area contributed by atoms with Crippen molar-refractivity contribution in [3.63, 3.8) is 0 Å². The summed E-state index contributed by atoms with van der Waals surface area (Å²) >= 11 is 1.24. The summed E-state index contributed by atoms with van der Waals surface area (Å²) < 4.78 is 6.61. The van der Waals surface area contributed by atoms with Gasteiger partial charge in [0.05, 0.1) is 29.0 Å². The van der Waals surface area contributed by atoms with Gasteiger partial charge in [0, 0.05) is 19.1 Å². The van der Waals surface area contributed by atoms with E-state index < -0.39 is 0 Å². The fourth-order valence-electron chi connectivity index (χ4n) is 4.00. The van der Waals surface area contributed by atoms with Gasteiger partial charge in [-0.15, -0.1) is 0 Å². The van der Waals surface area contributed by atoms with E-state index in [-0.39, 0.29) is 29.4 Å². The van der Waals surface area contributed by atoms with Gasteiger partial charge in [0.1, 0.15) is 0 Å². The lowest BCUT2D eigenvalue weighted by molar-refractivity contribution is -0.119. The Morgan fingerprint density at radius 1 is 1.15 bits per heavy atom. The number of amides is 2. The highest BCUT2D eigenvalue weighted by molar-refractivity contribution is 7.99. The Hall–Kier alpha value is -3.33. The van der Waals surface area contributed by atoms with Crippen LogP contribution in [-0.4, -0.2) is 57.9 Å². The maximum absolute atomic E-state index is 13.4. The first-order valence-electron chi connectivity index (χ1n) is 11.4. The molecule has 9 heteroatoms. The maximum Gasteiger partial charge on any atom is 0.409 e. The topological polar surface area (TPSA) is 93.5 Å². The third-order valence-corrected chi connectivity index (χ3v) is 6.66. The third-order valence-electron chi connectivity index (χ3n) is 5.73. The lowest BCUT2D eigenvalue weighted by Crippen LogP contribution is -2.47. The first-order chi connectivity index (χ1) is 16.5. The minimum absolute atomic E-state index is 0.00244. The molecule has 4 rings (SSSR count). The molecular weight excluding hydrogens is 452 g/mol. The van der Waals surface area contributed by atoms with Crippen LogP contribution in [0.2, 0.25) is 0 Å². The molecule has 2 aromatic carbocycles. The van der Waals surface area contributed by atoms with E-state index in [2.05, 4.69) is 5.32 Å². The molecule has 178 valence electrons. The van der Waals surface area contributed by atoms with Crippen molar-refractivity contribution >= 4 is 34.7 Å². The number of likely N-dealkylation sites (tertiary alicyclic amines) is 1. The molecule has 1 aliphatic heterocycles. The smallest absolute Gasteiger partial charge is 0.409 e. The van der Waals surface area contributed by atoms with Gasteiger partial charge in [-0.3, -0.25) is 14.2 Å². The largest absolute Gasteiger partial charge is 0.450 e. The van der Waals surface area contributed by atoms with Crippen molar-refractivity contribution < 1.29 is 14.3 Å². The van der Waals surface area contributed by atoms with E-state index in [9.17, 15) is 14.4 Å². The van der Waals surface area contributed by atoms with E-state index in [0.29, 0.717) is 54.3 Å². The summed E-state index contributed by atoms with van der Waals surface area (Å²) in [5.74, 6) is 0.00630. The number of piperidine rings is 1. The highest BCUT2D eigenvalue weighted by atomic mass is 32.2. The van der Waals surface area contributed by atoms with Gasteiger partial charge in [-0.1, -0.05) is 41.6 Å². The zero-order valence-corrected chi connectivity index (χ0v) is 20.1. The molecule has 2 heterocycles. The van der Waals surface area contributed by atoms with Crippen molar-refractivity contribution in [3.8, 4) is 5.69 Å². The predicted octanol–water partition coefficient (Wildman–Crippen LogP) is 3.52. The maximum atomic E-state index is 13.4. The molecule has 0 unspecified atom stereocenters. The number of nitrogens with one attached hydrogen (secondary N) is 1. The number of rotatable bonds is 6. The zero-order valence-electron chi connectivity index (χ0n) is 19.3. The highest BCUT2D eigenvalue weighted by Crippen LogP contribution is 2.22. The summed E-state index contributed by atoms with van der Waals surface area (Å²) in [6.07, 6.45) is 1.05. The minimum Gasteiger partial charge on any atom is -0.450 e. The third kappa shape index (κ3) is 5.41. The molecule has 34 heavy (non-hydrogen) atoms. The Morgan fingerprint density at radius 2 is 1.88 bits per heavy atom. The van der Waals surface area contributed by atoms with Crippen LogP contribution in [0.5, 0.6) is 0 Å². The number of benzene rings is 2. The zero-order chi connectivity index (χ0) is 24.1. The first-order valence-corrected chi connectivity index (χ1v) is 12.4. The molecule has 8 nitrogen and oxygen atoms in total. The number of hydrogen-bond acceptors (Lipinski definition) is 6. The van der Waals surface area contributed by atoms with E-state index in [1.165, 1.54) is 11.8 Å². The number of thioether (sulfide) groups is 1. The van der Waals surface area contributed by atoms with E-state index >= 15 is 0 Å². The fraction of sp³-hybridized carbons (Fsp3) is 0.360. The van der Waals surface area contributed by atoms with Crippen molar-refractivity contribution in [2.75, 3.05) is 25.4 Å². The molecule has 1 saturated heterocycles. The van der Waals surface area contributed by atoms with Gasteiger partial charge in [-0.25, -0.2) is 9.78 Å². The molecule has 0 spiro atoms. The summed E-state index contributed by atoms with van der Waals surface area (Å²) in [6.45, 7) is 5.18. The Labute approximate surface area is 202 Å². The Kier molecular flexibility index (Phi) is 7.52. The van der Waals surface area contributed by atoms with Crippen molar-refractivity contribution in [2.45, 2.75) is 37.9 Å². The van der Waals surface area contributed by atoms with E-state index in [1.54, 1.807) is 16.4 Å². The van der Waals surface area contributed by atoms with E-state index in [1.807, 2.05) is 55.5 Å². The summed E-state index contributed by atoms with van der Waals surface area (Å²) in [5.41, 5.74) is 2.14. The van der Waals surface area contributed by atoms with Crippen molar-refractivity contribution in [3.05, 3.63) is 64.4 Å². The monoisotopic (exact) mass is 480 g/mol. The quantitative estimate of drug-likeness (QED) is 0.429.